The van der Waals surface area contributed by atoms with Crippen LogP contribution in [-0.2, 0) is 5.41 Å². The summed E-state index contributed by atoms with van der Waals surface area (Å²) < 4.78 is 0. The number of hydrogen-bond donors (Lipinski definition) is 1. The normalized spacial score (nSPS) is 11.4. The molecule has 0 spiro atoms. The van der Waals surface area contributed by atoms with E-state index in [1.807, 2.05) is 51.4 Å². The first-order valence-electron chi connectivity index (χ1n) is 7.64. The highest BCUT2D eigenvalue weighted by atomic mass is 16.4. The fourth-order valence-electron chi connectivity index (χ4n) is 2.41. The maximum absolute atomic E-state index is 11.9. The van der Waals surface area contributed by atoms with Crippen LogP contribution in [0.25, 0.3) is 11.1 Å². The number of pyridine rings is 1. The molecule has 0 aliphatic rings. The number of nitrogens with zero attached hydrogens (tertiary/aromatic N) is 2. The van der Waals surface area contributed by atoms with Gasteiger partial charge in [-0.25, -0.2) is 9.78 Å². The molecule has 2 aromatic rings. The molecule has 1 N–H and O–H groups in total. The number of carboxylic acids is 1. The summed E-state index contributed by atoms with van der Waals surface area (Å²) in [4.78, 5) is 18.3. The van der Waals surface area contributed by atoms with E-state index in [0.29, 0.717) is 11.4 Å². The van der Waals surface area contributed by atoms with Crippen molar-refractivity contribution in [2.75, 3.05) is 19.0 Å². The van der Waals surface area contributed by atoms with E-state index in [1.54, 1.807) is 4.90 Å². The van der Waals surface area contributed by atoms with Gasteiger partial charge in [-0.15, -0.1) is 0 Å². The molecule has 0 amide bonds. The van der Waals surface area contributed by atoms with Crippen molar-refractivity contribution in [3.05, 3.63) is 47.2 Å². The van der Waals surface area contributed by atoms with Gasteiger partial charge in [0.1, 0.15) is 11.4 Å². The Kier molecular flexibility index (Phi) is 4.46. The molecule has 0 saturated heterocycles. The molecule has 0 saturated carbocycles. The molecule has 4 heteroatoms. The van der Waals surface area contributed by atoms with Crippen LogP contribution in [0, 0.1) is 6.92 Å². The molecule has 1 aromatic carbocycles. The van der Waals surface area contributed by atoms with Crippen molar-refractivity contribution < 1.29 is 9.90 Å². The number of rotatable bonds is 3. The van der Waals surface area contributed by atoms with Crippen LogP contribution < -0.4 is 4.90 Å². The fourth-order valence-corrected chi connectivity index (χ4v) is 2.41. The summed E-state index contributed by atoms with van der Waals surface area (Å²) in [5, 5.41) is 9.74. The van der Waals surface area contributed by atoms with Crippen LogP contribution in [0.5, 0.6) is 0 Å². The van der Waals surface area contributed by atoms with E-state index in [4.69, 9.17) is 0 Å². The molecule has 0 bridgehead atoms. The van der Waals surface area contributed by atoms with Gasteiger partial charge in [0.25, 0.3) is 0 Å². The Hall–Kier alpha value is -2.36. The number of aryl methyl sites for hydroxylation is 1. The van der Waals surface area contributed by atoms with Crippen molar-refractivity contribution in [2.24, 2.45) is 0 Å². The summed E-state index contributed by atoms with van der Waals surface area (Å²) in [6.07, 6.45) is 0. The smallest absolute Gasteiger partial charge is 0.340 e. The number of aromatic nitrogens is 1. The first-order valence-corrected chi connectivity index (χ1v) is 7.64. The summed E-state index contributed by atoms with van der Waals surface area (Å²) in [6.45, 7) is 8.25. The van der Waals surface area contributed by atoms with E-state index in [-0.39, 0.29) is 11.0 Å². The molecule has 122 valence electrons. The number of aromatic carboxylic acids is 1. The lowest BCUT2D eigenvalue weighted by Gasteiger charge is -2.24. The van der Waals surface area contributed by atoms with Gasteiger partial charge >= 0.3 is 5.97 Å². The predicted octanol–water partition coefficient (Wildman–Crippen LogP) is 4.12. The molecular formula is C19H24N2O2. The van der Waals surface area contributed by atoms with E-state index in [2.05, 4.69) is 25.8 Å². The molecule has 0 atom stereocenters. The van der Waals surface area contributed by atoms with Gasteiger partial charge in [-0.05, 0) is 18.6 Å². The zero-order valence-corrected chi connectivity index (χ0v) is 14.6. The minimum absolute atomic E-state index is 0.165. The van der Waals surface area contributed by atoms with Crippen molar-refractivity contribution in [2.45, 2.75) is 33.1 Å². The fraction of sp³-hybridized carbons (Fsp3) is 0.368. The molecule has 0 fully saturated rings. The van der Waals surface area contributed by atoms with Gasteiger partial charge in [0.15, 0.2) is 0 Å². The van der Waals surface area contributed by atoms with Gasteiger partial charge in [-0.3, -0.25) is 0 Å². The van der Waals surface area contributed by atoms with Crippen LogP contribution in [0.3, 0.4) is 0 Å². The van der Waals surface area contributed by atoms with E-state index < -0.39 is 5.97 Å². The number of benzene rings is 1. The molecule has 1 aromatic heterocycles. The molecule has 23 heavy (non-hydrogen) atoms. The average Bonchev–Trinajstić information content (AvgIpc) is 2.45. The van der Waals surface area contributed by atoms with Crippen LogP contribution in [0.15, 0.2) is 30.3 Å². The first kappa shape index (κ1) is 17.0. The minimum atomic E-state index is -0.961. The van der Waals surface area contributed by atoms with Crippen LogP contribution >= 0.6 is 0 Å². The Morgan fingerprint density at radius 3 is 2.13 bits per heavy atom. The quantitative estimate of drug-likeness (QED) is 0.926. The molecule has 0 unspecified atom stereocenters. The zero-order valence-electron chi connectivity index (χ0n) is 14.6. The van der Waals surface area contributed by atoms with Crippen LogP contribution in [0.4, 0.5) is 5.82 Å². The summed E-state index contributed by atoms with van der Waals surface area (Å²) in [5.41, 5.74) is 3.70. The number of hydrogen-bond acceptors (Lipinski definition) is 3. The van der Waals surface area contributed by atoms with E-state index in [1.165, 1.54) is 0 Å². The topological polar surface area (TPSA) is 53.4 Å². The lowest BCUT2D eigenvalue weighted by atomic mass is 9.88. The second-order valence-electron chi connectivity index (χ2n) is 7.07. The predicted molar refractivity (Wildman–Crippen MR) is 94.4 cm³/mol. The lowest BCUT2D eigenvalue weighted by molar-refractivity contribution is 0.0698. The second-order valence-corrected chi connectivity index (χ2v) is 7.07. The summed E-state index contributed by atoms with van der Waals surface area (Å²) in [7, 11) is 3.64. The Morgan fingerprint density at radius 1 is 1.13 bits per heavy atom. The third kappa shape index (κ3) is 3.52. The molecule has 1 heterocycles. The molecule has 4 nitrogen and oxygen atoms in total. The van der Waals surface area contributed by atoms with Crippen molar-refractivity contribution in [3.63, 3.8) is 0 Å². The van der Waals surface area contributed by atoms with Crippen LogP contribution in [0.2, 0.25) is 0 Å². The van der Waals surface area contributed by atoms with Gasteiger partial charge in [-0.2, -0.15) is 0 Å². The maximum atomic E-state index is 11.9. The van der Waals surface area contributed by atoms with Gasteiger partial charge in [0.2, 0.25) is 0 Å². The molecule has 0 aliphatic heterocycles. The zero-order chi connectivity index (χ0) is 17.4. The Morgan fingerprint density at radius 2 is 1.70 bits per heavy atom. The van der Waals surface area contributed by atoms with Crippen molar-refractivity contribution in [1.29, 1.82) is 0 Å². The van der Waals surface area contributed by atoms with E-state index in [9.17, 15) is 9.90 Å². The Bertz CT molecular complexity index is 726. The van der Waals surface area contributed by atoms with Crippen molar-refractivity contribution >= 4 is 11.8 Å². The standard InChI is InChI=1S/C19H24N2O2/c1-12-7-9-13(10-8-12)14-11-15(19(2,3)4)20-17(21(5)6)16(14)18(22)23/h7-11H,1-6H3,(H,22,23). The first-order chi connectivity index (χ1) is 10.6. The average molecular weight is 312 g/mol. The summed E-state index contributed by atoms with van der Waals surface area (Å²) in [6, 6.07) is 9.81. The Labute approximate surface area is 137 Å². The van der Waals surface area contributed by atoms with Gasteiger partial charge < -0.3 is 10.0 Å². The molecule has 0 radical (unpaired) electrons. The Balaban J connectivity index is 2.83. The highest BCUT2D eigenvalue weighted by molar-refractivity contribution is 6.01. The molecule has 0 aliphatic carbocycles. The van der Waals surface area contributed by atoms with Gasteiger partial charge in [-0.1, -0.05) is 50.6 Å². The second kappa shape index (κ2) is 6.03. The van der Waals surface area contributed by atoms with E-state index >= 15 is 0 Å². The van der Waals surface area contributed by atoms with E-state index in [0.717, 1.165) is 16.8 Å². The van der Waals surface area contributed by atoms with Crippen LogP contribution in [-0.4, -0.2) is 30.2 Å². The lowest BCUT2D eigenvalue weighted by Crippen LogP contribution is -2.21. The number of anilines is 1. The summed E-state index contributed by atoms with van der Waals surface area (Å²) in [5.74, 6) is -0.474. The van der Waals surface area contributed by atoms with Crippen molar-refractivity contribution in [3.8, 4) is 11.1 Å². The van der Waals surface area contributed by atoms with Crippen molar-refractivity contribution in [1.82, 2.24) is 4.98 Å². The largest absolute Gasteiger partial charge is 0.478 e. The number of carboxylic acid groups (broad SMARTS) is 1. The number of carbonyl (C=O) groups is 1. The van der Waals surface area contributed by atoms with Gasteiger partial charge in [0, 0.05) is 30.8 Å². The minimum Gasteiger partial charge on any atom is -0.478 e. The maximum Gasteiger partial charge on any atom is 0.340 e. The summed E-state index contributed by atoms with van der Waals surface area (Å²) >= 11 is 0. The third-order valence-corrected chi connectivity index (χ3v) is 3.77. The third-order valence-electron chi connectivity index (χ3n) is 3.77. The van der Waals surface area contributed by atoms with Crippen LogP contribution in [0.1, 0.15) is 42.4 Å². The highest BCUT2D eigenvalue weighted by Gasteiger charge is 2.25. The molecule has 2 rings (SSSR count). The molecular weight excluding hydrogens is 288 g/mol. The monoisotopic (exact) mass is 312 g/mol. The highest BCUT2D eigenvalue weighted by Crippen LogP contribution is 2.34. The SMILES string of the molecule is Cc1ccc(-c2cc(C(C)(C)C)nc(N(C)C)c2C(=O)O)cc1. The van der Waals surface area contributed by atoms with Gasteiger partial charge in [0.05, 0.1) is 0 Å².